The number of aromatic nitrogens is 1. The fourth-order valence-corrected chi connectivity index (χ4v) is 2.89. The lowest BCUT2D eigenvalue weighted by molar-refractivity contribution is 0.663. The van der Waals surface area contributed by atoms with E-state index in [1.54, 1.807) is 6.20 Å². The quantitative estimate of drug-likeness (QED) is 0.807. The fraction of sp³-hybridized carbons (Fsp3) is 0.545. The largest absolute Gasteiger partial charge is 0.397 e. The molecule has 1 saturated heterocycles. The van der Waals surface area contributed by atoms with E-state index in [9.17, 15) is 0 Å². The minimum Gasteiger partial charge on any atom is -0.397 e. The van der Waals surface area contributed by atoms with Gasteiger partial charge in [0.25, 0.3) is 0 Å². The zero-order valence-corrected chi connectivity index (χ0v) is 9.81. The second-order valence-corrected chi connectivity index (χ2v) is 5.19. The van der Waals surface area contributed by atoms with Gasteiger partial charge in [0.15, 0.2) is 0 Å². The monoisotopic (exact) mass is 223 g/mol. The molecule has 0 aromatic carbocycles. The summed E-state index contributed by atoms with van der Waals surface area (Å²) in [6.07, 6.45) is 4.18. The highest BCUT2D eigenvalue weighted by Crippen LogP contribution is 2.22. The van der Waals surface area contributed by atoms with Crippen LogP contribution in [0, 0.1) is 6.92 Å². The molecule has 1 fully saturated rings. The molecular formula is C11H17N3S. The Bertz CT molecular complexity index is 335. The number of hydrogen-bond donors (Lipinski definition) is 2. The van der Waals surface area contributed by atoms with Gasteiger partial charge in [-0.25, -0.2) is 4.98 Å². The first-order chi connectivity index (χ1) is 7.25. The van der Waals surface area contributed by atoms with Crippen LogP contribution in [0.5, 0.6) is 0 Å². The van der Waals surface area contributed by atoms with Gasteiger partial charge in [-0.05, 0) is 42.9 Å². The van der Waals surface area contributed by atoms with Crippen molar-refractivity contribution in [2.45, 2.75) is 25.8 Å². The van der Waals surface area contributed by atoms with Gasteiger partial charge in [-0.3, -0.25) is 0 Å². The SMILES string of the molecule is Cc1cc(N)cnc1NC1CCSCC1. The van der Waals surface area contributed by atoms with Crippen LogP contribution < -0.4 is 11.1 Å². The fourth-order valence-electron chi connectivity index (χ4n) is 1.78. The first-order valence-electron chi connectivity index (χ1n) is 5.32. The predicted molar refractivity (Wildman–Crippen MR) is 67.4 cm³/mol. The Labute approximate surface area is 94.8 Å². The van der Waals surface area contributed by atoms with Gasteiger partial charge in [0.2, 0.25) is 0 Å². The Hall–Kier alpha value is -0.900. The highest BCUT2D eigenvalue weighted by molar-refractivity contribution is 7.99. The van der Waals surface area contributed by atoms with Gasteiger partial charge in [-0.2, -0.15) is 11.8 Å². The first-order valence-corrected chi connectivity index (χ1v) is 6.47. The molecule has 1 aromatic heterocycles. The molecule has 1 aromatic rings. The molecule has 2 heterocycles. The molecule has 0 atom stereocenters. The summed E-state index contributed by atoms with van der Waals surface area (Å²) in [5.41, 5.74) is 7.53. The Balaban J connectivity index is 2.03. The maximum Gasteiger partial charge on any atom is 0.129 e. The third-order valence-electron chi connectivity index (χ3n) is 2.66. The minimum atomic E-state index is 0.584. The Morgan fingerprint density at radius 3 is 2.87 bits per heavy atom. The third-order valence-corrected chi connectivity index (χ3v) is 3.71. The molecule has 0 aliphatic carbocycles. The van der Waals surface area contributed by atoms with E-state index in [0.29, 0.717) is 6.04 Å². The maximum atomic E-state index is 5.67. The number of rotatable bonds is 2. The molecule has 1 aliphatic heterocycles. The lowest BCUT2D eigenvalue weighted by Gasteiger charge is -2.23. The van der Waals surface area contributed by atoms with Crippen molar-refractivity contribution in [2.24, 2.45) is 0 Å². The van der Waals surface area contributed by atoms with Crippen LogP contribution in [-0.4, -0.2) is 22.5 Å². The molecule has 0 bridgehead atoms. The maximum absolute atomic E-state index is 5.67. The van der Waals surface area contributed by atoms with Crippen LogP contribution in [-0.2, 0) is 0 Å². The Kier molecular flexibility index (Phi) is 3.36. The molecule has 0 saturated carbocycles. The van der Waals surface area contributed by atoms with E-state index in [1.165, 1.54) is 24.3 Å². The standard InChI is InChI=1S/C11H17N3S/c1-8-6-9(12)7-13-11(8)14-10-2-4-15-5-3-10/h6-7,10H,2-5,12H2,1H3,(H,13,14). The van der Waals surface area contributed by atoms with Crippen molar-refractivity contribution in [1.29, 1.82) is 0 Å². The van der Waals surface area contributed by atoms with Crippen LogP contribution in [0.4, 0.5) is 11.5 Å². The highest BCUT2D eigenvalue weighted by atomic mass is 32.2. The lowest BCUT2D eigenvalue weighted by Crippen LogP contribution is -2.25. The van der Waals surface area contributed by atoms with Crippen molar-refractivity contribution in [2.75, 3.05) is 22.6 Å². The number of nitrogens with one attached hydrogen (secondary N) is 1. The zero-order chi connectivity index (χ0) is 10.7. The van der Waals surface area contributed by atoms with E-state index in [-0.39, 0.29) is 0 Å². The van der Waals surface area contributed by atoms with E-state index in [4.69, 9.17) is 5.73 Å². The van der Waals surface area contributed by atoms with Crippen molar-refractivity contribution in [3.8, 4) is 0 Å². The summed E-state index contributed by atoms with van der Waals surface area (Å²) in [6.45, 7) is 2.04. The minimum absolute atomic E-state index is 0.584. The number of nitrogens with zero attached hydrogens (tertiary/aromatic N) is 1. The lowest BCUT2D eigenvalue weighted by atomic mass is 10.1. The summed E-state index contributed by atoms with van der Waals surface area (Å²) in [6, 6.07) is 2.55. The van der Waals surface area contributed by atoms with Gasteiger partial charge in [0.1, 0.15) is 5.82 Å². The number of nitrogen functional groups attached to an aromatic ring is 1. The van der Waals surface area contributed by atoms with Gasteiger partial charge in [-0.1, -0.05) is 0 Å². The molecule has 2 rings (SSSR count). The molecule has 0 amide bonds. The number of thioether (sulfide) groups is 1. The van der Waals surface area contributed by atoms with Gasteiger partial charge < -0.3 is 11.1 Å². The van der Waals surface area contributed by atoms with Crippen molar-refractivity contribution >= 4 is 23.3 Å². The summed E-state index contributed by atoms with van der Waals surface area (Å²) in [7, 11) is 0. The summed E-state index contributed by atoms with van der Waals surface area (Å²) in [5.74, 6) is 3.50. The third kappa shape index (κ3) is 2.78. The summed E-state index contributed by atoms with van der Waals surface area (Å²) < 4.78 is 0. The van der Waals surface area contributed by atoms with Crippen LogP contribution in [0.3, 0.4) is 0 Å². The second kappa shape index (κ2) is 4.75. The number of aryl methyl sites for hydroxylation is 1. The normalized spacial score (nSPS) is 17.7. The molecule has 4 heteroatoms. The van der Waals surface area contributed by atoms with Crippen LogP contribution in [0.2, 0.25) is 0 Å². The van der Waals surface area contributed by atoms with Gasteiger partial charge in [-0.15, -0.1) is 0 Å². The average molecular weight is 223 g/mol. The van der Waals surface area contributed by atoms with Crippen molar-refractivity contribution in [1.82, 2.24) is 4.98 Å². The van der Waals surface area contributed by atoms with Gasteiger partial charge in [0.05, 0.1) is 11.9 Å². The zero-order valence-electron chi connectivity index (χ0n) is 8.99. The summed E-state index contributed by atoms with van der Waals surface area (Å²) in [4.78, 5) is 4.33. The van der Waals surface area contributed by atoms with E-state index in [1.807, 2.05) is 24.8 Å². The van der Waals surface area contributed by atoms with Crippen LogP contribution >= 0.6 is 11.8 Å². The number of nitrogens with two attached hydrogens (primary N) is 1. The molecule has 1 aliphatic rings. The highest BCUT2D eigenvalue weighted by Gasteiger charge is 2.14. The molecule has 3 nitrogen and oxygen atoms in total. The number of hydrogen-bond acceptors (Lipinski definition) is 4. The topological polar surface area (TPSA) is 50.9 Å². The average Bonchev–Trinajstić information content (AvgIpc) is 2.24. The van der Waals surface area contributed by atoms with Crippen LogP contribution in [0.15, 0.2) is 12.3 Å². The summed E-state index contributed by atoms with van der Waals surface area (Å²) >= 11 is 2.04. The van der Waals surface area contributed by atoms with E-state index in [0.717, 1.165) is 17.1 Å². The molecular weight excluding hydrogens is 206 g/mol. The van der Waals surface area contributed by atoms with Gasteiger partial charge >= 0.3 is 0 Å². The first kappa shape index (κ1) is 10.6. The Morgan fingerprint density at radius 1 is 1.47 bits per heavy atom. The number of anilines is 2. The van der Waals surface area contributed by atoms with E-state index >= 15 is 0 Å². The van der Waals surface area contributed by atoms with Crippen molar-refractivity contribution < 1.29 is 0 Å². The molecule has 15 heavy (non-hydrogen) atoms. The van der Waals surface area contributed by atoms with E-state index in [2.05, 4.69) is 10.3 Å². The van der Waals surface area contributed by atoms with Crippen LogP contribution in [0.25, 0.3) is 0 Å². The number of pyridine rings is 1. The van der Waals surface area contributed by atoms with Crippen molar-refractivity contribution in [3.63, 3.8) is 0 Å². The Morgan fingerprint density at radius 2 is 2.20 bits per heavy atom. The second-order valence-electron chi connectivity index (χ2n) is 3.97. The van der Waals surface area contributed by atoms with E-state index < -0.39 is 0 Å². The predicted octanol–water partition coefficient (Wildman–Crippen LogP) is 2.28. The molecule has 0 spiro atoms. The summed E-state index contributed by atoms with van der Waals surface area (Å²) in [5, 5.41) is 3.50. The van der Waals surface area contributed by atoms with Crippen molar-refractivity contribution in [3.05, 3.63) is 17.8 Å². The molecule has 3 N–H and O–H groups in total. The molecule has 0 unspecified atom stereocenters. The van der Waals surface area contributed by atoms with Crippen LogP contribution in [0.1, 0.15) is 18.4 Å². The molecule has 0 radical (unpaired) electrons. The smallest absolute Gasteiger partial charge is 0.129 e. The molecule has 82 valence electrons. The van der Waals surface area contributed by atoms with Gasteiger partial charge in [0, 0.05) is 6.04 Å².